The Balaban J connectivity index is 1.93. The van der Waals surface area contributed by atoms with Crippen molar-refractivity contribution < 1.29 is 0 Å². The average Bonchev–Trinajstić information content (AvgIpc) is 2.89. The molecule has 2 aromatic rings. The third kappa shape index (κ3) is 3.46. The number of fused-ring (bicyclic) bond motifs is 1. The van der Waals surface area contributed by atoms with Crippen molar-refractivity contribution in [1.29, 1.82) is 5.26 Å². The van der Waals surface area contributed by atoms with E-state index in [1.165, 1.54) is 10.9 Å². The van der Waals surface area contributed by atoms with E-state index < -0.39 is 0 Å². The van der Waals surface area contributed by atoms with Gasteiger partial charge in [-0.3, -0.25) is 4.90 Å². The zero-order valence-electron chi connectivity index (χ0n) is 14.0. The minimum Gasteiger partial charge on any atom is -0.353 e. The first kappa shape index (κ1) is 16.2. The van der Waals surface area contributed by atoms with E-state index in [4.69, 9.17) is 10.2 Å². The summed E-state index contributed by atoms with van der Waals surface area (Å²) in [6.45, 7) is 10.7. The number of anilines is 1. The van der Waals surface area contributed by atoms with E-state index in [0.29, 0.717) is 12.5 Å². The maximum absolute atomic E-state index is 8.85. The first-order chi connectivity index (χ1) is 11.1. The lowest BCUT2D eigenvalue weighted by atomic mass is 10.0. The van der Waals surface area contributed by atoms with Crippen molar-refractivity contribution in [1.82, 2.24) is 14.9 Å². The molecule has 0 aromatic carbocycles. The lowest BCUT2D eigenvalue weighted by molar-refractivity contribution is 0.286. The highest BCUT2D eigenvalue weighted by Gasteiger charge is 2.22. The van der Waals surface area contributed by atoms with Crippen LogP contribution in [0, 0.1) is 24.2 Å². The van der Waals surface area contributed by atoms with Crippen LogP contribution in [0.5, 0.6) is 0 Å². The summed E-state index contributed by atoms with van der Waals surface area (Å²) < 4.78 is 0. The van der Waals surface area contributed by atoms with Crippen molar-refractivity contribution >= 4 is 27.4 Å². The predicted molar refractivity (Wildman–Crippen MR) is 95.0 cm³/mol. The van der Waals surface area contributed by atoms with E-state index in [0.717, 1.165) is 49.1 Å². The molecule has 2 aromatic heterocycles. The van der Waals surface area contributed by atoms with Crippen LogP contribution in [0.4, 0.5) is 5.82 Å². The predicted octanol–water partition coefficient (Wildman–Crippen LogP) is 2.84. The first-order valence-corrected chi connectivity index (χ1v) is 9.05. The second-order valence-electron chi connectivity index (χ2n) is 6.55. The Hall–Kier alpha value is -1.71. The van der Waals surface area contributed by atoms with Crippen molar-refractivity contribution in [2.45, 2.75) is 27.2 Å². The Bertz CT molecular complexity index is 722. The van der Waals surface area contributed by atoms with Gasteiger partial charge in [-0.15, -0.1) is 11.3 Å². The van der Waals surface area contributed by atoms with Crippen LogP contribution in [-0.2, 0) is 6.42 Å². The quantitative estimate of drug-likeness (QED) is 0.807. The molecule has 23 heavy (non-hydrogen) atoms. The summed E-state index contributed by atoms with van der Waals surface area (Å²) in [7, 11) is 0. The molecule has 1 fully saturated rings. The maximum atomic E-state index is 8.85. The number of nitriles is 1. The van der Waals surface area contributed by atoms with Gasteiger partial charge in [-0.2, -0.15) is 5.26 Å². The Morgan fingerprint density at radius 3 is 2.65 bits per heavy atom. The van der Waals surface area contributed by atoms with Crippen molar-refractivity contribution in [3.63, 3.8) is 0 Å². The molecule has 0 bridgehead atoms. The largest absolute Gasteiger partial charge is 0.353 e. The Morgan fingerprint density at radius 1 is 1.26 bits per heavy atom. The van der Waals surface area contributed by atoms with E-state index in [-0.39, 0.29) is 0 Å². The van der Waals surface area contributed by atoms with E-state index in [2.05, 4.69) is 40.1 Å². The average molecular weight is 329 g/mol. The number of hydrogen-bond donors (Lipinski definition) is 0. The van der Waals surface area contributed by atoms with E-state index in [1.54, 1.807) is 11.3 Å². The first-order valence-electron chi connectivity index (χ1n) is 8.17. The van der Waals surface area contributed by atoms with Crippen molar-refractivity contribution in [3.05, 3.63) is 16.8 Å². The molecule has 0 saturated carbocycles. The molecule has 0 atom stereocenters. The normalized spacial score (nSPS) is 16.2. The zero-order chi connectivity index (χ0) is 16.4. The maximum Gasteiger partial charge on any atom is 0.141 e. The van der Waals surface area contributed by atoms with Gasteiger partial charge >= 0.3 is 0 Å². The molecule has 6 heteroatoms. The van der Waals surface area contributed by atoms with Crippen LogP contribution >= 0.6 is 11.3 Å². The fourth-order valence-corrected chi connectivity index (χ4v) is 4.11. The van der Waals surface area contributed by atoms with Crippen LogP contribution in [0.1, 0.15) is 25.2 Å². The summed E-state index contributed by atoms with van der Waals surface area (Å²) in [4.78, 5) is 15.1. The van der Waals surface area contributed by atoms with Gasteiger partial charge in [-0.25, -0.2) is 9.97 Å². The second kappa shape index (κ2) is 6.81. The van der Waals surface area contributed by atoms with Crippen LogP contribution < -0.4 is 4.90 Å². The number of rotatable bonds is 4. The topological polar surface area (TPSA) is 56.1 Å². The fraction of sp³-hybridized carbons (Fsp3) is 0.588. The Morgan fingerprint density at radius 2 is 2.00 bits per heavy atom. The molecule has 1 aliphatic heterocycles. The number of piperazine rings is 1. The summed E-state index contributed by atoms with van der Waals surface area (Å²) in [6.07, 6.45) is 1.06. The summed E-state index contributed by atoms with van der Waals surface area (Å²) in [6, 6.07) is 2.24. The standard InChI is InChI=1S/C17H23N5S/c1-12(2)10-14-11-23-17-15(14)16(19-13(3)20-17)22-8-6-21(5-4-18)7-9-22/h11-12H,5-10H2,1-3H3. The van der Waals surface area contributed by atoms with E-state index in [1.807, 2.05) is 6.92 Å². The van der Waals surface area contributed by atoms with E-state index >= 15 is 0 Å². The number of nitrogens with zero attached hydrogens (tertiary/aromatic N) is 5. The van der Waals surface area contributed by atoms with Gasteiger partial charge in [0, 0.05) is 26.2 Å². The molecular weight excluding hydrogens is 306 g/mol. The van der Waals surface area contributed by atoms with Gasteiger partial charge in [0.1, 0.15) is 16.5 Å². The Labute approximate surface area is 141 Å². The summed E-state index contributed by atoms with van der Waals surface area (Å²) >= 11 is 1.73. The van der Waals surface area contributed by atoms with Gasteiger partial charge < -0.3 is 4.90 Å². The van der Waals surface area contributed by atoms with Crippen LogP contribution in [0.15, 0.2) is 5.38 Å². The minimum absolute atomic E-state index is 0.517. The molecule has 3 heterocycles. The number of hydrogen-bond acceptors (Lipinski definition) is 6. The second-order valence-corrected chi connectivity index (χ2v) is 7.41. The molecule has 0 spiro atoms. The summed E-state index contributed by atoms with van der Waals surface area (Å²) in [5, 5.41) is 12.3. The van der Waals surface area contributed by atoms with Gasteiger partial charge in [-0.05, 0) is 30.2 Å². The lowest BCUT2D eigenvalue weighted by Crippen LogP contribution is -2.46. The molecule has 0 N–H and O–H groups in total. The molecule has 1 aliphatic rings. The Kier molecular flexibility index (Phi) is 4.79. The highest BCUT2D eigenvalue weighted by atomic mass is 32.1. The highest BCUT2D eigenvalue weighted by Crippen LogP contribution is 2.33. The molecule has 1 saturated heterocycles. The zero-order valence-corrected chi connectivity index (χ0v) is 14.9. The monoisotopic (exact) mass is 329 g/mol. The minimum atomic E-state index is 0.517. The number of thiophene rings is 1. The van der Waals surface area contributed by atoms with Gasteiger partial charge in [0.2, 0.25) is 0 Å². The molecule has 0 radical (unpaired) electrons. The van der Waals surface area contributed by atoms with Crippen LogP contribution in [0.2, 0.25) is 0 Å². The molecule has 0 aliphatic carbocycles. The molecular formula is C17H23N5S. The van der Waals surface area contributed by atoms with Gasteiger partial charge in [-0.1, -0.05) is 13.8 Å². The SMILES string of the molecule is Cc1nc(N2CCN(CC#N)CC2)c2c(CC(C)C)csc2n1. The molecule has 0 unspecified atom stereocenters. The van der Waals surface area contributed by atoms with Crippen molar-refractivity contribution in [2.24, 2.45) is 5.92 Å². The van der Waals surface area contributed by atoms with Crippen molar-refractivity contribution in [3.8, 4) is 6.07 Å². The molecule has 3 rings (SSSR count). The summed E-state index contributed by atoms with van der Waals surface area (Å²) in [5.74, 6) is 2.54. The van der Waals surface area contributed by atoms with Crippen LogP contribution in [0.25, 0.3) is 10.2 Å². The third-order valence-corrected chi connectivity index (χ3v) is 5.12. The van der Waals surface area contributed by atoms with Crippen LogP contribution in [0.3, 0.4) is 0 Å². The van der Waals surface area contributed by atoms with Crippen molar-refractivity contribution in [2.75, 3.05) is 37.6 Å². The van der Waals surface area contributed by atoms with Gasteiger partial charge in [0.05, 0.1) is 18.0 Å². The van der Waals surface area contributed by atoms with Gasteiger partial charge in [0.25, 0.3) is 0 Å². The molecule has 5 nitrogen and oxygen atoms in total. The fourth-order valence-electron chi connectivity index (χ4n) is 3.12. The smallest absolute Gasteiger partial charge is 0.141 e. The highest BCUT2D eigenvalue weighted by molar-refractivity contribution is 7.17. The number of aromatic nitrogens is 2. The molecule has 0 amide bonds. The van der Waals surface area contributed by atoms with Crippen LogP contribution in [-0.4, -0.2) is 47.6 Å². The van der Waals surface area contributed by atoms with Gasteiger partial charge in [0.15, 0.2) is 0 Å². The number of aryl methyl sites for hydroxylation is 1. The molecule has 122 valence electrons. The summed E-state index contributed by atoms with van der Waals surface area (Å²) in [5.41, 5.74) is 1.37. The lowest BCUT2D eigenvalue weighted by Gasteiger charge is -2.34. The van der Waals surface area contributed by atoms with E-state index in [9.17, 15) is 0 Å². The third-order valence-electron chi connectivity index (χ3n) is 4.20.